The summed E-state index contributed by atoms with van der Waals surface area (Å²) in [5.41, 5.74) is 0. The monoisotopic (exact) mass is 356 g/mol. The molecular formula is C16H24N2O5S. The van der Waals surface area contributed by atoms with E-state index in [2.05, 4.69) is 10.0 Å². The SMILES string of the molecule is CC(C)CC(NS(=O)(=O)c1ccccc1)C(=O)NC1CCOC1O. The number of aliphatic hydroxyl groups excluding tert-OH is 1. The van der Waals surface area contributed by atoms with Crippen LogP contribution in [0.15, 0.2) is 35.2 Å². The van der Waals surface area contributed by atoms with Crippen LogP contribution in [-0.2, 0) is 19.6 Å². The van der Waals surface area contributed by atoms with Crippen LogP contribution in [0.4, 0.5) is 0 Å². The minimum atomic E-state index is -3.80. The Morgan fingerprint density at radius 3 is 2.54 bits per heavy atom. The molecular weight excluding hydrogens is 332 g/mol. The van der Waals surface area contributed by atoms with Gasteiger partial charge in [-0.1, -0.05) is 32.0 Å². The predicted molar refractivity (Wildman–Crippen MR) is 88.5 cm³/mol. The van der Waals surface area contributed by atoms with Crippen molar-refractivity contribution in [1.82, 2.24) is 10.0 Å². The molecule has 3 atom stereocenters. The van der Waals surface area contributed by atoms with Gasteiger partial charge in [-0.05, 0) is 30.9 Å². The van der Waals surface area contributed by atoms with E-state index in [-0.39, 0.29) is 10.8 Å². The Morgan fingerprint density at radius 1 is 1.33 bits per heavy atom. The van der Waals surface area contributed by atoms with Crippen molar-refractivity contribution < 1.29 is 23.1 Å². The van der Waals surface area contributed by atoms with Gasteiger partial charge in [0.1, 0.15) is 6.04 Å². The largest absolute Gasteiger partial charge is 0.366 e. The fourth-order valence-corrected chi connectivity index (χ4v) is 3.77. The number of hydrogen-bond donors (Lipinski definition) is 3. The van der Waals surface area contributed by atoms with E-state index in [1.54, 1.807) is 18.2 Å². The van der Waals surface area contributed by atoms with E-state index in [4.69, 9.17) is 4.74 Å². The molecule has 0 bridgehead atoms. The first-order chi connectivity index (χ1) is 11.3. The second-order valence-corrected chi connectivity index (χ2v) is 8.00. The summed E-state index contributed by atoms with van der Waals surface area (Å²) < 4.78 is 32.4. The van der Waals surface area contributed by atoms with Crippen LogP contribution in [-0.4, -0.2) is 44.4 Å². The summed E-state index contributed by atoms with van der Waals surface area (Å²) in [4.78, 5) is 12.6. The van der Waals surface area contributed by atoms with Crippen LogP contribution in [0.25, 0.3) is 0 Å². The zero-order valence-electron chi connectivity index (χ0n) is 13.8. The molecule has 7 nitrogen and oxygen atoms in total. The molecule has 0 aromatic heterocycles. The highest BCUT2D eigenvalue weighted by Crippen LogP contribution is 2.14. The molecule has 3 N–H and O–H groups in total. The molecule has 0 aliphatic carbocycles. The van der Waals surface area contributed by atoms with Gasteiger partial charge in [-0.3, -0.25) is 4.79 Å². The molecule has 3 unspecified atom stereocenters. The molecule has 0 spiro atoms. The Morgan fingerprint density at radius 2 is 2.00 bits per heavy atom. The van der Waals surface area contributed by atoms with E-state index in [1.807, 2.05) is 13.8 Å². The Kier molecular flexibility index (Phi) is 6.34. The lowest BCUT2D eigenvalue weighted by Crippen LogP contribution is -2.51. The van der Waals surface area contributed by atoms with Crippen molar-refractivity contribution in [2.45, 2.75) is 50.0 Å². The highest BCUT2D eigenvalue weighted by atomic mass is 32.2. The van der Waals surface area contributed by atoms with Crippen LogP contribution in [0.3, 0.4) is 0 Å². The maximum Gasteiger partial charge on any atom is 0.241 e. The lowest BCUT2D eigenvalue weighted by Gasteiger charge is -2.23. The van der Waals surface area contributed by atoms with Crippen molar-refractivity contribution in [1.29, 1.82) is 0 Å². The summed E-state index contributed by atoms with van der Waals surface area (Å²) in [7, 11) is -3.80. The lowest BCUT2D eigenvalue weighted by molar-refractivity contribution is -0.127. The topological polar surface area (TPSA) is 105 Å². The van der Waals surface area contributed by atoms with Gasteiger partial charge in [0.25, 0.3) is 0 Å². The van der Waals surface area contributed by atoms with Crippen LogP contribution in [0.1, 0.15) is 26.7 Å². The molecule has 1 aromatic carbocycles. The van der Waals surface area contributed by atoms with Crippen molar-refractivity contribution in [3.8, 4) is 0 Å². The zero-order valence-corrected chi connectivity index (χ0v) is 14.6. The minimum absolute atomic E-state index is 0.107. The Hall–Kier alpha value is -1.48. The number of carbonyl (C=O) groups is 1. The van der Waals surface area contributed by atoms with Gasteiger partial charge < -0.3 is 15.2 Å². The third kappa shape index (κ3) is 5.01. The van der Waals surface area contributed by atoms with Crippen LogP contribution in [0, 0.1) is 5.92 Å². The van der Waals surface area contributed by atoms with Crippen molar-refractivity contribution in [3.63, 3.8) is 0 Å². The molecule has 1 aliphatic rings. The number of hydrogen-bond acceptors (Lipinski definition) is 5. The number of aliphatic hydroxyl groups is 1. The fraction of sp³-hybridized carbons (Fsp3) is 0.562. The third-order valence-electron chi connectivity index (χ3n) is 3.76. The minimum Gasteiger partial charge on any atom is -0.366 e. The van der Waals surface area contributed by atoms with Gasteiger partial charge in [-0.2, -0.15) is 4.72 Å². The van der Waals surface area contributed by atoms with Gasteiger partial charge >= 0.3 is 0 Å². The average Bonchev–Trinajstić information content (AvgIpc) is 2.92. The third-order valence-corrected chi connectivity index (χ3v) is 5.25. The quantitative estimate of drug-likeness (QED) is 0.664. The van der Waals surface area contributed by atoms with Crippen molar-refractivity contribution in [2.24, 2.45) is 5.92 Å². The number of sulfonamides is 1. The van der Waals surface area contributed by atoms with Gasteiger partial charge in [-0.15, -0.1) is 0 Å². The van der Waals surface area contributed by atoms with E-state index >= 15 is 0 Å². The molecule has 0 saturated carbocycles. The molecule has 0 radical (unpaired) electrons. The van der Waals surface area contributed by atoms with Gasteiger partial charge in [0.15, 0.2) is 6.29 Å². The average molecular weight is 356 g/mol. The van der Waals surface area contributed by atoms with Crippen LogP contribution >= 0.6 is 0 Å². The summed E-state index contributed by atoms with van der Waals surface area (Å²) in [6, 6.07) is 6.48. The summed E-state index contributed by atoms with van der Waals surface area (Å²) in [5, 5.41) is 12.3. The number of benzene rings is 1. The summed E-state index contributed by atoms with van der Waals surface area (Å²) in [6.07, 6.45) is -0.215. The Bertz CT molecular complexity index is 648. The molecule has 24 heavy (non-hydrogen) atoms. The van der Waals surface area contributed by atoms with Crippen LogP contribution in [0.5, 0.6) is 0 Å². The summed E-state index contributed by atoms with van der Waals surface area (Å²) >= 11 is 0. The van der Waals surface area contributed by atoms with Crippen LogP contribution in [0.2, 0.25) is 0 Å². The molecule has 1 aliphatic heterocycles. The second-order valence-electron chi connectivity index (χ2n) is 6.28. The predicted octanol–water partition coefficient (Wildman–Crippen LogP) is 0.603. The lowest BCUT2D eigenvalue weighted by atomic mass is 10.0. The maximum atomic E-state index is 12.5. The fourth-order valence-electron chi connectivity index (χ4n) is 2.54. The van der Waals surface area contributed by atoms with E-state index in [9.17, 15) is 18.3 Å². The molecule has 1 amide bonds. The smallest absolute Gasteiger partial charge is 0.241 e. The number of rotatable bonds is 7. The Labute approximate surface area is 142 Å². The molecule has 1 fully saturated rings. The number of amides is 1. The summed E-state index contributed by atoms with van der Waals surface area (Å²) in [5.74, 6) is -0.346. The zero-order chi connectivity index (χ0) is 17.7. The standard InChI is InChI=1S/C16H24N2O5S/c1-11(2)10-14(15(19)17-13-8-9-23-16(13)20)18-24(21,22)12-6-4-3-5-7-12/h3-7,11,13-14,16,18,20H,8-10H2,1-2H3,(H,17,19). The molecule has 134 valence electrons. The molecule has 8 heteroatoms. The van der Waals surface area contributed by atoms with E-state index in [1.165, 1.54) is 12.1 Å². The number of ether oxygens (including phenoxy) is 1. The van der Waals surface area contributed by atoms with Gasteiger partial charge in [0.2, 0.25) is 15.9 Å². The second kappa shape index (κ2) is 8.06. The first kappa shape index (κ1) is 18.9. The van der Waals surface area contributed by atoms with E-state index in [0.29, 0.717) is 19.4 Å². The van der Waals surface area contributed by atoms with Gasteiger partial charge in [0.05, 0.1) is 17.5 Å². The van der Waals surface area contributed by atoms with Gasteiger partial charge in [0, 0.05) is 0 Å². The number of carbonyl (C=O) groups excluding carboxylic acids is 1. The van der Waals surface area contributed by atoms with Crippen molar-refractivity contribution in [3.05, 3.63) is 30.3 Å². The molecule has 2 rings (SSSR count). The van der Waals surface area contributed by atoms with Gasteiger partial charge in [-0.25, -0.2) is 8.42 Å². The van der Waals surface area contributed by atoms with E-state index in [0.717, 1.165) is 0 Å². The molecule has 1 saturated heterocycles. The summed E-state index contributed by atoms with van der Waals surface area (Å²) in [6.45, 7) is 4.17. The normalized spacial score (nSPS) is 22.5. The molecule has 1 aromatic rings. The highest BCUT2D eigenvalue weighted by Gasteiger charge is 2.32. The highest BCUT2D eigenvalue weighted by molar-refractivity contribution is 7.89. The number of nitrogens with one attached hydrogen (secondary N) is 2. The van der Waals surface area contributed by atoms with Crippen molar-refractivity contribution in [2.75, 3.05) is 6.61 Å². The Balaban J connectivity index is 2.11. The van der Waals surface area contributed by atoms with Crippen molar-refractivity contribution >= 4 is 15.9 Å². The first-order valence-corrected chi connectivity index (χ1v) is 9.45. The maximum absolute atomic E-state index is 12.5. The molecule has 1 heterocycles. The van der Waals surface area contributed by atoms with E-state index < -0.39 is 34.3 Å². The first-order valence-electron chi connectivity index (χ1n) is 7.97. The van der Waals surface area contributed by atoms with Crippen LogP contribution < -0.4 is 10.0 Å².